The van der Waals surface area contributed by atoms with Gasteiger partial charge in [-0.2, -0.15) is 8.78 Å². The van der Waals surface area contributed by atoms with E-state index in [0.717, 1.165) is 17.3 Å². The lowest BCUT2D eigenvalue weighted by Gasteiger charge is -2.11. The molecule has 0 fully saturated rings. The second-order valence-corrected chi connectivity index (χ2v) is 7.22. The van der Waals surface area contributed by atoms with E-state index in [1.165, 1.54) is 17.4 Å². The van der Waals surface area contributed by atoms with Crippen LogP contribution in [0.2, 0.25) is 0 Å². The minimum Gasteiger partial charge on any atom is -0.491 e. The van der Waals surface area contributed by atoms with Crippen LogP contribution in [0.4, 0.5) is 23.2 Å². The maximum atomic E-state index is 14.2. The molecule has 0 radical (unpaired) electrons. The normalized spacial score (nSPS) is 11.0. The average molecular weight is 432 g/mol. The number of nitrogens with one attached hydrogen (secondary N) is 1. The van der Waals surface area contributed by atoms with Gasteiger partial charge in [0.05, 0.1) is 17.3 Å². The summed E-state index contributed by atoms with van der Waals surface area (Å²) in [6, 6.07) is 13.9. The molecule has 1 N–H and O–H groups in total. The van der Waals surface area contributed by atoms with E-state index in [1.807, 2.05) is 24.3 Å². The Morgan fingerprint density at radius 1 is 0.967 bits per heavy atom. The Morgan fingerprint density at radius 3 is 2.33 bits per heavy atom. The predicted molar refractivity (Wildman–Crippen MR) is 106 cm³/mol. The molecule has 4 rings (SSSR count). The van der Waals surface area contributed by atoms with Gasteiger partial charge in [-0.1, -0.05) is 24.3 Å². The van der Waals surface area contributed by atoms with E-state index in [0.29, 0.717) is 10.6 Å². The number of hydrogen-bond donors (Lipinski definition) is 1. The quantitative estimate of drug-likeness (QED) is 0.329. The molecule has 0 saturated heterocycles. The fraction of sp³-hybridized carbons (Fsp3) is 0.0476. The first-order valence-corrected chi connectivity index (χ1v) is 9.39. The summed E-state index contributed by atoms with van der Waals surface area (Å²) in [6.45, 7) is 0. The van der Waals surface area contributed by atoms with Gasteiger partial charge in [0.1, 0.15) is 10.6 Å². The molecule has 152 valence electrons. The third-order valence-electron chi connectivity index (χ3n) is 4.32. The lowest BCUT2D eigenvalue weighted by Crippen LogP contribution is -2.18. The van der Waals surface area contributed by atoms with Crippen LogP contribution in [0.3, 0.4) is 0 Å². The molecule has 1 amide bonds. The highest BCUT2D eigenvalue weighted by Crippen LogP contribution is 2.32. The van der Waals surface area contributed by atoms with E-state index >= 15 is 0 Å². The van der Waals surface area contributed by atoms with Crippen LogP contribution in [0.25, 0.3) is 20.8 Å². The predicted octanol–water partition coefficient (Wildman–Crippen LogP) is 5.78. The van der Waals surface area contributed by atoms with Gasteiger partial charge in [0.2, 0.25) is 11.6 Å². The number of amides is 1. The molecular weight excluding hydrogens is 420 g/mol. The number of aromatic nitrogens is 1. The number of rotatable bonds is 4. The number of methoxy groups -OCH3 is 1. The Bertz CT molecular complexity index is 1230. The van der Waals surface area contributed by atoms with Crippen molar-refractivity contribution in [2.45, 2.75) is 0 Å². The number of benzene rings is 3. The summed E-state index contributed by atoms with van der Waals surface area (Å²) < 4.78 is 61.4. The Morgan fingerprint density at radius 2 is 1.67 bits per heavy atom. The Balaban J connectivity index is 1.67. The van der Waals surface area contributed by atoms with Crippen molar-refractivity contribution >= 4 is 33.1 Å². The number of anilines is 1. The van der Waals surface area contributed by atoms with Gasteiger partial charge in [0.15, 0.2) is 17.4 Å². The SMILES string of the molecule is COc1c(F)c(F)c(C(=O)Nc2cccc(-c3nc4ccccc4s3)c2)c(F)c1F. The van der Waals surface area contributed by atoms with Crippen molar-refractivity contribution in [1.29, 1.82) is 0 Å². The van der Waals surface area contributed by atoms with Gasteiger partial charge in [0.25, 0.3) is 5.91 Å². The van der Waals surface area contributed by atoms with Crippen LogP contribution in [0.1, 0.15) is 10.4 Å². The molecule has 0 bridgehead atoms. The highest BCUT2D eigenvalue weighted by atomic mass is 32.1. The molecule has 0 aliphatic heterocycles. The van der Waals surface area contributed by atoms with Gasteiger partial charge in [-0.3, -0.25) is 4.79 Å². The third kappa shape index (κ3) is 3.37. The molecule has 0 unspecified atom stereocenters. The smallest absolute Gasteiger partial charge is 0.261 e. The zero-order valence-corrected chi connectivity index (χ0v) is 16.1. The molecule has 0 spiro atoms. The zero-order chi connectivity index (χ0) is 21.4. The molecular formula is C21H12F4N2O2S. The Kier molecular flexibility index (Phi) is 5.13. The van der Waals surface area contributed by atoms with Gasteiger partial charge in [0, 0.05) is 11.3 Å². The van der Waals surface area contributed by atoms with Crippen LogP contribution in [0.15, 0.2) is 48.5 Å². The summed E-state index contributed by atoms with van der Waals surface area (Å²) in [7, 11) is 0.855. The van der Waals surface area contributed by atoms with Gasteiger partial charge in [-0.15, -0.1) is 11.3 Å². The summed E-state index contributed by atoms with van der Waals surface area (Å²) in [5, 5.41) is 2.93. The molecule has 30 heavy (non-hydrogen) atoms. The van der Waals surface area contributed by atoms with E-state index in [-0.39, 0.29) is 5.69 Å². The summed E-state index contributed by atoms with van der Waals surface area (Å²) in [5.74, 6) is -9.84. The Labute approximate surface area is 171 Å². The highest BCUT2D eigenvalue weighted by Gasteiger charge is 2.30. The summed E-state index contributed by atoms with van der Waals surface area (Å²) in [4.78, 5) is 16.9. The maximum absolute atomic E-state index is 14.2. The second kappa shape index (κ2) is 7.75. The molecule has 0 aliphatic rings. The number of carbonyl (C=O) groups excluding carboxylic acids is 1. The topological polar surface area (TPSA) is 51.2 Å². The number of thiazole rings is 1. The molecule has 4 aromatic rings. The molecule has 0 aliphatic carbocycles. The van der Waals surface area contributed by atoms with Gasteiger partial charge >= 0.3 is 0 Å². The highest BCUT2D eigenvalue weighted by molar-refractivity contribution is 7.21. The monoisotopic (exact) mass is 432 g/mol. The van der Waals surface area contributed by atoms with Crippen LogP contribution in [-0.2, 0) is 0 Å². The van der Waals surface area contributed by atoms with Crippen molar-refractivity contribution in [3.05, 3.63) is 77.4 Å². The lowest BCUT2D eigenvalue weighted by molar-refractivity contribution is 0.101. The molecule has 9 heteroatoms. The average Bonchev–Trinajstić information content (AvgIpc) is 3.17. The van der Waals surface area contributed by atoms with Crippen molar-refractivity contribution < 1.29 is 27.1 Å². The fourth-order valence-corrected chi connectivity index (χ4v) is 3.87. The maximum Gasteiger partial charge on any atom is 0.261 e. The third-order valence-corrected chi connectivity index (χ3v) is 5.40. The molecule has 1 aromatic heterocycles. The van der Waals surface area contributed by atoms with E-state index in [9.17, 15) is 22.4 Å². The fourth-order valence-electron chi connectivity index (χ4n) is 2.91. The molecule has 1 heterocycles. The molecule has 0 saturated carbocycles. The number of halogens is 4. The minimum absolute atomic E-state index is 0.173. The van der Waals surface area contributed by atoms with Crippen LogP contribution in [0, 0.1) is 23.3 Å². The number of fused-ring (bicyclic) bond motifs is 1. The van der Waals surface area contributed by atoms with Gasteiger partial charge in [-0.05, 0) is 24.3 Å². The molecule has 4 nitrogen and oxygen atoms in total. The number of nitrogens with zero attached hydrogens (tertiary/aromatic N) is 1. The van der Waals surface area contributed by atoms with E-state index in [2.05, 4.69) is 15.0 Å². The first-order valence-electron chi connectivity index (χ1n) is 8.58. The van der Waals surface area contributed by atoms with E-state index in [4.69, 9.17) is 0 Å². The zero-order valence-electron chi connectivity index (χ0n) is 15.3. The van der Waals surface area contributed by atoms with Crippen molar-refractivity contribution in [2.24, 2.45) is 0 Å². The summed E-state index contributed by atoms with van der Waals surface area (Å²) in [5.41, 5.74) is 0.255. The van der Waals surface area contributed by atoms with Gasteiger partial charge in [-0.25, -0.2) is 13.8 Å². The first-order chi connectivity index (χ1) is 14.4. The van der Waals surface area contributed by atoms with Crippen molar-refractivity contribution in [1.82, 2.24) is 4.98 Å². The second-order valence-electron chi connectivity index (χ2n) is 6.19. The molecule has 3 aromatic carbocycles. The largest absolute Gasteiger partial charge is 0.491 e. The number of carbonyl (C=O) groups is 1. The number of para-hydroxylation sites is 1. The van der Waals surface area contributed by atoms with Crippen molar-refractivity contribution in [3.63, 3.8) is 0 Å². The van der Waals surface area contributed by atoms with Crippen LogP contribution >= 0.6 is 11.3 Å². The summed E-state index contributed by atoms with van der Waals surface area (Å²) in [6.07, 6.45) is 0. The molecule has 0 atom stereocenters. The lowest BCUT2D eigenvalue weighted by atomic mass is 10.1. The summed E-state index contributed by atoms with van der Waals surface area (Å²) >= 11 is 1.43. The number of hydrogen-bond acceptors (Lipinski definition) is 4. The van der Waals surface area contributed by atoms with Crippen molar-refractivity contribution in [3.8, 4) is 16.3 Å². The van der Waals surface area contributed by atoms with Gasteiger partial charge < -0.3 is 10.1 Å². The van der Waals surface area contributed by atoms with Crippen LogP contribution in [-0.4, -0.2) is 18.0 Å². The van der Waals surface area contributed by atoms with E-state index < -0.39 is 40.5 Å². The van der Waals surface area contributed by atoms with Crippen molar-refractivity contribution in [2.75, 3.05) is 12.4 Å². The number of ether oxygens (including phenoxy) is 1. The van der Waals surface area contributed by atoms with E-state index in [1.54, 1.807) is 18.2 Å². The van der Waals surface area contributed by atoms with Crippen LogP contribution < -0.4 is 10.1 Å². The first kappa shape index (κ1) is 19.8. The minimum atomic E-state index is -1.84. The van der Waals surface area contributed by atoms with Crippen LogP contribution in [0.5, 0.6) is 5.75 Å². The Hall–Kier alpha value is -3.46. The standard InChI is InChI=1S/C21H12F4N2O2S/c1-29-19-17(24)15(22)14(16(23)18(19)25)20(28)26-11-6-4-5-10(9-11)21-27-12-7-2-3-8-13(12)30-21/h2-9H,1H3,(H,26,28).